The molecule has 1 heterocycles. The first-order valence-electron chi connectivity index (χ1n) is 5.01. The van der Waals surface area contributed by atoms with E-state index in [1.165, 1.54) is 0 Å². The van der Waals surface area contributed by atoms with E-state index in [4.69, 9.17) is 9.47 Å². The van der Waals surface area contributed by atoms with E-state index in [9.17, 15) is 4.79 Å². The standard InChI is InChI=1S/C8H14O3.C2H6/c1-7(3-2-4-9)8-10-5-6-11-8;1-2/h4,7-8H,2-3,5-6H2,1H3;1-2H3. The zero-order chi connectivity index (χ0) is 10.1. The van der Waals surface area contributed by atoms with Gasteiger partial charge in [0.2, 0.25) is 0 Å². The third kappa shape index (κ3) is 5.01. The number of hydrogen-bond donors (Lipinski definition) is 0. The summed E-state index contributed by atoms with van der Waals surface area (Å²) in [7, 11) is 0. The van der Waals surface area contributed by atoms with Gasteiger partial charge in [0.05, 0.1) is 13.2 Å². The van der Waals surface area contributed by atoms with Crippen LogP contribution in [0.2, 0.25) is 0 Å². The van der Waals surface area contributed by atoms with Crippen molar-refractivity contribution in [1.82, 2.24) is 0 Å². The van der Waals surface area contributed by atoms with Crippen molar-refractivity contribution in [2.24, 2.45) is 5.92 Å². The van der Waals surface area contributed by atoms with Crippen LogP contribution in [0.1, 0.15) is 33.6 Å². The Morgan fingerprint density at radius 2 is 1.92 bits per heavy atom. The Bertz CT molecular complexity index is 119. The quantitative estimate of drug-likeness (QED) is 0.633. The summed E-state index contributed by atoms with van der Waals surface area (Å²) < 4.78 is 10.5. The molecule has 1 saturated heterocycles. The van der Waals surface area contributed by atoms with Gasteiger partial charge in [-0.25, -0.2) is 0 Å². The second-order valence-corrected chi connectivity index (χ2v) is 2.83. The molecule has 0 bridgehead atoms. The fraction of sp³-hybridized carbons (Fsp3) is 0.900. The zero-order valence-corrected chi connectivity index (χ0v) is 8.79. The predicted octanol–water partition coefficient (Wildman–Crippen LogP) is 2.00. The molecule has 1 aliphatic rings. The van der Waals surface area contributed by atoms with E-state index in [1.54, 1.807) is 0 Å². The van der Waals surface area contributed by atoms with Gasteiger partial charge in [-0.15, -0.1) is 0 Å². The van der Waals surface area contributed by atoms with E-state index in [0.29, 0.717) is 25.6 Å². The fourth-order valence-corrected chi connectivity index (χ4v) is 1.17. The number of carbonyl (C=O) groups excluding carboxylic acids is 1. The highest BCUT2D eigenvalue weighted by atomic mass is 16.7. The molecule has 0 radical (unpaired) electrons. The lowest BCUT2D eigenvalue weighted by molar-refractivity contribution is -0.109. The lowest BCUT2D eigenvalue weighted by atomic mass is 10.1. The Balaban J connectivity index is 0.000000671. The summed E-state index contributed by atoms with van der Waals surface area (Å²) >= 11 is 0. The molecule has 0 aromatic rings. The highest BCUT2D eigenvalue weighted by molar-refractivity contribution is 5.49. The molecule has 1 unspecified atom stereocenters. The largest absolute Gasteiger partial charge is 0.350 e. The van der Waals surface area contributed by atoms with Crippen molar-refractivity contribution in [1.29, 1.82) is 0 Å². The summed E-state index contributed by atoms with van der Waals surface area (Å²) in [6, 6.07) is 0. The number of ether oxygens (including phenoxy) is 2. The van der Waals surface area contributed by atoms with E-state index in [2.05, 4.69) is 0 Å². The van der Waals surface area contributed by atoms with Crippen LogP contribution >= 0.6 is 0 Å². The summed E-state index contributed by atoms with van der Waals surface area (Å²) in [5, 5.41) is 0. The average Bonchev–Trinajstić information content (AvgIpc) is 2.70. The van der Waals surface area contributed by atoms with Crippen LogP contribution in [0.4, 0.5) is 0 Å². The molecule has 78 valence electrons. The molecular formula is C10H20O3. The first kappa shape index (κ1) is 12.6. The lowest BCUT2D eigenvalue weighted by Crippen LogP contribution is -2.18. The van der Waals surface area contributed by atoms with Crippen molar-refractivity contribution < 1.29 is 14.3 Å². The molecule has 1 fully saturated rings. The van der Waals surface area contributed by atoms with Crippen LogP contribution in [0.3, 0.4) is 0 Å². The molecule has 0 aromatic heterocycles. The monoisotopic (exact) mass is 188 g/mol. The van der Waals surface area contributed by atoms with Crippen molar-refractivity contribution in [3.05, 3.63) is 0 Å². The predicted molar refractivity (Wildman–Crippen MR) is 51.5 cm³/mol. The molecular weight excluding hydrogens is 168 g/mol. The smallest absolute Gasteiger partial charge is 0.160 e. The topological polar surface area (TPSA) is 35.5 Å². The minimum absolute atomic E-state index is 0.0741. The van der Waals surface area contributed by atoms with Crippen molar-refractivity contribution in [2.75, 3.05) is 13.2 Å². The maximum atomic E-state index is 10.0. The van der Waals surface area contributed by atoms with Gasteiger partial charge in [-0.1, -0.05) is 20.8 Å². The second kappa shape index (κ2) is 8.20. The summed E-state index contributed by atoms with van der Waals surface area (Å²) in [6.07, 6.45) is 2.32. The van der Waals surface area contributed by atoms with Crippen LogP contribution in [-0.2, 0) is 14.3 Å². The number of hydrogen-bond acceptors (Lipinski definition) is 3. The normalized spacial score (nSPS) is 19.0. The molecule has 0 aromatic carbocycles. The Hall–Kier alpha value is -0.410. The van der Waals surface area contributed by atoms with Crippen LogP contribution < -0.4 is 0 Å². The Kier molecular flexibility index (Phi) is 7.94. The molecule has 0 saturated carbocycles. The Morgan fingerprint density at radius 1 is 1.38 bits per heavy atom. The van der Waals surface area contributed by atoms with Crippen molar-refractivity contribution >= 4 is 6.29 Å². The maximum Gasteiger partial charge on any atom is 0.160 e. The molecule has 0 spiro atoms. The van der Waals surface area contributed by atoms with Gasteiger partial charge in [0, 0.05) is 12.3 Å². The minimum atomic E-state index is -0.0741. The third-order valence-electron chi connectivity index (χ3n) is 1.85. The molecule has 0 N–H and O–H groups in total. The Labute approximate surface area is 80.4 Å². The molecule has 3 nitrogen and oxygen atoms in total. The van der Waals surface area contributed by atoms with Crippen LogP contribution in [-0.4, -0.2) is 25.8 Å². The van der Waals surface area contributed by atoms with E-state index in [-0.39, 0.29) is 6.29 Å². The van der Waals surface area contributed by atoms with Crippen LogP contribution in [0.15, 0.2) is 0 Å². The first-order chi connectivity index (χ1) is 6.34. The maximum absolute atomic E-state index is 10.0. The SMILES string of the molecule is CC.CC(CCC=O)C1OCCO1. The summed E-state index contributed by atoms with van der Waals surface area (Å²) in [5.74, 6) is 0.336. The zero-order valence-electron chi connectivity index (χ0n) is 8.79. The molecule has 0 amide bonds. The van der Waals surface area contributed by atoms with Crippen LogP contribution in [0, 0.1) is 5.92 Å². The number of aldehydes is 1. The number of carbonyl (C=O) groups is 1. The van der Waals surface area contributed by atoms with E-state index in [0.717, 1.165) is 12.7 Å². The lowest BCUT2D eigenvalue weighted by Gasteiger charge is -2.15. The van der Waals surface area contributed by atoms with Gasteiger partial charge < -0.3 is 14.3 Å². The first-order valence-corrected chi connectivity index (χ1v) is 5.01. The van der Waals surface area contributed by atoms with Gasteiger partial charge in [-0.3, -0.25) is 0 Å². The van der Waals surface area contributed by atoms with Gasteiger partial charge in [0.15, 0.2) is 6.29 Å². The van der Waals surface area contributed by atoms with Gasteiger partial charge in [-0.2, -0.15) is 0 Å². The van der Waals surface area contributed by atoms with Gasteiger partial charge in [0.25, 0.3) is 0 Å². The summed E-state index contributed by atoms with van der Waals surface area (Å²) in [6.45, 7) is 7.42. The third-order valence-corrected chi connectivity index (χ3v) is 1.85. The van der Waals surface area contributed by atoms with E-state index < -0.39 is 0 Å². The summed E-state index contributed by atoms with van der Waals surface area (Å²) in [4.78, 5) is 10.0. The highest BCUT2D eigenvalue weighted by Crippen LogP contribution is 2.17. The molecule has 1 aliphatic heterocycles. The van der Waals surface area contributed by atoms with Gasteiger partial charge in [-0.05, 0) is 6.42 Å². The molecule has 1 rings (SSSR count). The Morgan fingerprint density at radius 3 is 2.38 bits per heavy atom. The van der Waals surface area contributed by atoms with Crippen molar-refractivity contribution in [3.8, 4) is 0 Å². The molecule has 0 aliphatic carbocycles. The molecule has 1 atom stereocenters. The second-order valence-electron chi connectivity index (χ2n) is 2.83. The average molecular weight is 188 g/mol. The van der Waals surface area contributed by atoms with Gasteiger partial charge >= 0.3 is 0 Å². The summed E-state index contributed by atoms with van der Waals surface area (Å²) in [5.41, 5.74) is 0. The van der Waals surface area contributed by atoms with E-state index in [1.807, 2.05) is 20.8 Å². The molecule has 3 heteroatoms. The number of rotatable bonds is 4. The minimum Gasteiger partial charge on any atom is -0.350 e. The van der Waals surface area contributed by atoms with Crippen LogP contribution in [0.5, 0.6) is 0 Å². The van der Waals surface area contributed by atoms with Crippen LogP contribution in [0.25, 0.3) is 0 Å². The van der Waals surface area contributed by atoms with Crippen molar-refractivity contribution in [2.45, 2.75) is 39.9 Å². The van der Waals surface area contributed by atoms with Crippen molar-refractivity contribution in [3.63, 3.8) is 0 Å². The van der Waals surface area contributed by atoms with Gasteiger partial charge in [0.1, 0.15) is 6.29 Å². The fourth-order valence-electron chi connectivity index (χ4n) is 1.17. The molecule has 13 heavy (non-hydrogen) atoms. The highest BCUT2D eigenvalue weighted by Gasteiger charge is 2.22. The van der Waals surface area contributed by atoms with E-state index >= 15 is 0 Å².